The molecule has 2 fully saturated rings. The topological polar surface area (TPSA) is 81.7 Å². The summed E-state index contributed by atoms with van der Waals surface area (Å²) < 4.78 is 34.3. The van der Waals surface area contributed by atoms with Crippen LogP contribution in [0.3, 0.4) is 0 Å². The van der Waals surface area contributed by atoms with Gasteiger partial charge in [-0.15, -0.1) is 0 Å². The van der Waals surface area contributed by atoms with Crippen molar-refractivity contribution < 1.29 is 22.7 Å². The number of benzene rings is 1. The highest BCUT2D eigenvalue weighted by atomic mass is 32.2. The number of ether oxygens (including phenoxy) is 2. The number of hydrogen-bond acceptors (Lipinski definition) is 5. The van der Waals surface area contributed by atoms with Crippen LogP contribution >= 0.6 is 0 Å². The van der Waals surface area contributed by atoms with Gasteiger partial charge < -0.3 is 14.8 Å². The van der Waals surface area contributed by atoms with Crippen molar-refractivity contribution in [1.82, 2.24) is 5.32 Å². The lowest BCUT2D eigenvalue weighted by atomic mass is 10.0. The fraction of sp³-hybridized carbons (Fsp3) is 0.611. The van der Waals surface area contributed by atoms with Crippen molar-refractivity contribution in [2.75, 3.05) is 26.1 Å². The number of carbonyl (C=O) groups excluding carboxylic acids is 1. The SMILES string of the molecule is CS(=O)(=O)c1ccc(CC(=O)N[C@@H]2CCOC[C@H]2OCC2CC2)cc1. The molecule has 0 aromatic heterocycles. The number of sulfone groups is 1. The van der Waals surface area contributed by atoms with Crippen LogP contribution in [0.15, 0.2) is 29.2 Å². The zero-order valence-corrected chi connectivity index (χ0v) is 15.3. The molecule has 1 saturated carbocycles. The summed E-state index contributed by atoms with van der Waals surface area (Å²) in [7, 11) is -3.22. The van der Waals surface area contributed by atoms with Gasteiger partial charge in [0.05, 0.1) is 24.0 Å². The van der Waals surface area contributed by atoms with E-state index in [1.807, 2.05) is 0 Å². The minimum Gasteiger partial charge on any atom is -0.379 e. The van der Waals surface area contributed by atoms with E-state index in [2.05, 4.69) is 5.32 Å². The molecule has 1 aliphatic carbocycles. The summed E-state index contributed by atoms with van der Waals surface area (Å²) >= 11 is 0. The summed E-state index contributed by atoms with van der Waals surface area (Å²) in [6.07, 6.45) is 4.50. The molecule has 1 aromatic rings. The molecular weight excluding hydrogens is 342 g/mol. The van der Waals surface area contributed by atoms with Gasteiger partial charge in [-0.1, -0.05) is 12.1 Å². The molecule has 25 heavy (non-hydrogen) atoms. The van der Waals surface area contributed by atoms with Crippen LogP contribution in [0.4, 0.5) is 0 Å². The first-order valence-electron chi connectivity index (χ1n) is 8.69. The molecule has 1 aromatic carbocycles. The van der Waals surface area contributed by atoms with Crippen LogP contribution in [-0.4, -0.2) is 52.5 Å². The van der Waals surface area contributed by atoms with E-state index in [9.17, 15) is 13.2 Å². The van der Waals surface area contributed by atoms with Crippen LogP contribution in [0.25, 0.3) is 0 Å². The minimum atomic E-state index is -3.22. The molecule has 2 atom stereocenters. The van der Waals surface area contributed by atoms with E-state index in [1.165, 1.54) is 31.2 Å². The summed E-state index contributed by atoms with van der Waals surface area (Å²) in [5.74, 6) is 0.589. The summed E-state index contributed by atoms with van der Waals surface area (Å²) in [5, 5.41) is 3.04. The predicted molar refractivity (Wildman–Crippen MR) is 93.1 cm³/mol. The van der Waals surface area contributed by atoms with Gasteiger partial charge in [0.15, 0.2) is 9.84 Å². The Balaban J connectivity index is 1.53. The smallest absolute Gasteiger partial charge is 0.224 e. The Morgan fingerprint density at radius 3 is 2.60 bits per heavy atom. The van der Waals surface area contributed by atoms with Gasteiger partial charge in [-0.05, 0) is 42.9 Å². The van der Waals surface area contributed by atoms with E-state index in [-0.39, 0.29) is 29.4 Å². The number of rotatable bonds is 7. The van der Waals surface area contributed by atoms with E-state index < -0.39 is 9.84 Å². The maximum absolute atomic E-state index is 12.3. The lowest BCUT2D eigenvalue weighted by Crippen LogP contribution is -2.50. The maximum Gasteiger partial charge on any atom is 0.224 e. The average molecular weight is 367 g/mol. The molecule has 0 unspecified atom stereocenters. The Morgan fingerprint density at radius 2 is 1.96 bits per heavy atom. The van der Waals surface area contributed by atoms with Gasteiger partial charge in [-0.2, -0.15) is 0 Å². The van der Waals surface area contributed by atoms with Crippen molar-refractivity contribution in [2.24, 2.45) is 5.92 Å². The molecule has 1 aliphatic heterocycles. The molecule has 1 heterocycles. The molecule has 0 radical (unpaired) electrons. The Kier molecular flexibility index (Phi) is 5.76. The third-order valence-electron chi connectivity index (χ3n) is 4.61. The predicted octanol–water partition coefficient (Wildman–Crippen LogP) is 1.33. The van der Waals surface area contributed by atoms with Crippen LogP contribution in [0.1, 0.15) is 24.8 Å². The molecule has 6 nitrogen and oxygen atoms in total. The average Bonchev–Trinajstić information content (AvgIpc) is 3.38. The fourth-order valence-corrected chi connectivity index (χ4v) is 3.51. The van der Waals surface area contributed by atoms with Crippen molar-refractivity contribution in [3.63, 3.8) is 0 Å². The maximum atomic E-state index is 12.3. The van der Waals surface area contributed by atoms with Gasteiger partial charge in [0.25, 0.3) is 0 Å². The Labute approximate surface area is 148 Å². The monoisotopic (exact) mass is 367 g/mol. The second-order valence-corrected chi connectivity index (χ2v) is 8.96. The largest absolute Gasteiger partial charge is 0.379 e. The molecule has 1 amide bonds. The van der Waals surface area contributed by atoms with E-state index in [4.69, 9.17) is 9.47 Å². The zero-order chi connectivity index (χ0) is 17.9. The van der Waals surface area contributed by atoms with Crippen LogP contribution < -0.4 is 5.32 Å². The summed E-state index contributed by atoms with van der Waals surface area (Å²) in [4.78, 5) is 12.6. The summed E-state index contributed by atoms with van der Waals surface area (Å²) in [5.41, 5.74) is 0.785. The van der Waals surface area contributed by atoms with Gasteiger partial charge in [0.2, 0.25) is 5.91 Å². The highest BCUT2D eigenvalue weighted by Gasteiger charge is 2.30. The van der Waals surface area contributed by atoms with Crippen molar-refractivity contribution in [3.05, 3.63) is 29.8 Å². The Bertz CT molecular complexity index is 697. The van der Waals surface area contributed by atoms with Crippen molar-refractivity contribution in [2.45, 2.75) is 42.7 Å². The number of hydrogen-bond donors (Lipinski definition) is 1. The number of nitrogens with one attached hydrogen (secondary N) is 1. The van der Waals surface area contributed by atoms with Crippen molar-refractivity contribution >= 4 is 15.7 Å². The minimum absolute atomic E-state index is 0.0321. The molecule has 2 aliphatic rings. The third-order valence-corrected chi connectivity index (χ3v) is 5.74. The first-order valence-corrected chi connectivity index (χ1v) is 10.6. The highest BCUT2D eigenvalue weighted by Crippen LogP contribution is 2.29. The van der Waals surface area contributed by atoms with E-state index >= 15 is 0 Å². The van der Waals surface area contributed by atoms with Gasteiger partial charge >= 0.3 is 0 Å². The molecule has 3 rings (SSSR count). The number of amides is 1. The zero-order valence-electron chi connectivity index (χ0n) is 14.4. The highest BCUT2D eigenvalue weighted by molar-refractivity contribution is 7.90. The first-order chi connectivity index (χ1) is 11.9. The second-order valence-electron chi connectivity index (χ2n) is 6.95. The van der Waals surface area contributed by atoms with E-state index in [0.717, 1.165) is 18.6 Å². The van der Waals surface area contributed by atoms with Gasteiger partial charge in [-0.25, -0.2) is 8.42 Å². The molecule has 7 heteroatoms. The lowest BCUT2D eigenvalue weighted by molar-refractivity contribution is -0.125. The fourth-order valence-electron chi connectivity index (χ4n) is 2.88. The van der Waals surface area contributed by atoms with Crippen molar-refractivity contribution in [3.8, 4) is 0 Å². The first kappa shape index (κ1) is 18.4. The standard InChI is InChI=1S/C18H25NO5S/c1-25(21,22)15-6-4-13(5-7-15)10-18(20)19-16-8-9-23-12-17(16)24-11-14-2-3-14/h4-7,14,16-17H,2-3,8-12H2,1H3,(H,19,20)/t16-,17-/m1/s1. The molecule has 0 spiro atoms. The summed E-state index contributed by atoms with van der Waals surface area (Å²) in [6.45, 7) is 1.88. The van der Waals surface area contributed by atoms with Crippen LogP contribution in [-0.2, 0) is 30.5 Å². The summed E-state index contributed by atoms with van der Waals surface area (Å²) in [6, 6.07) is 6.40. The quantitative estimate of drug-likeness (QED) is 0.786. The van der Waals surface area contributed by atoms with Gasteiger partial charge in [-0.3, -0.25) is 4.79 Å². The van der Waals surface area contributed by atoms with E-state index in [1.54, 1.807) is 12.1 Å². The third kappa shape index (κ3) is 5.52. The van der Waals surface area contributed by atoms with Crippen LogP contribution in [0.2, 0.25) is 0 Å². The van der Waals surface area contributed by atoms with E-state index in [0.29, 0.717) is 19.1 Å². The second kappa shape index (κ2) is 7.85. The molecule has 1 saturated heterocycles. The van der Waals surface area contributed by atoms with Gasteiger partial charge in [0.1, 0.15) is 6.10 Å². The van der Waals surface area contributed by atoms with Crippen LogP contribution in [0, 0.1) is 5.92 Å². The lowest BCUT2D eigenvalue weighted by Gasteiger charge is -2.32. The normalized spacial score (nSPS) is 24.0. The Hall–Kier alpha value is -1.44. The molecule has 138 valence electrons. The molecule has 1 N–H and O–H groups in total. The molecule has 0 bridgehead atoms. The molecular formula is C18H25NO5S. The Morgan fingerprint density at radius 1 is 1.24 bits per heavy atom. The van der Waals surface area contributed by atoms with Crippen molar-refractivity contribution in [1.29, 1.82) is 0 Å². The van der Waals surface area contributed by atoms with Gasteiger partial charge in [0, 0.05) is 19.5 Å². The number of carbonyl (C=O) groups is 1. The van der Waals surface area contributed by atoms with Crippen LogP contribution in [0.5, 0.6) is 0 Å².